The first-order valence-electron chi connectivity index (χ1n) is 8.51. The summed E-state index contributed by atoms with van der Waals surface area (Å²) >= 11 is 1.68. The van der Waals surface area contributed by atoms with E-state index < -0.39 is 0 Å². The first-order chi connectivity index (χ1) is 12.1. The number of hydrogen-bond donors (Lipinski definition) is 2. The van der Waals surface area contributed by atoms with E-state index in [1.807, 2.05) is 54.5 Å². The van der Waals surface area contributed by atoms with E-state index in [4.69, 9.17) is 0 Å². The van der Waals surface area contributed by atoms with Crippen molar-refractivity contribution in [3.63, 3.8) is 0 Å². The Kier molecular flexibility index (Phi) is 7.63. The second-order valence-corrected chi connectivity index (χ2v) is 6.75. The number of aryl methyl sites for hydroxylation is 1. The number of likely N-dealkylation sites (N-methyl/N-ethyl adjacent to an activating group) is 1. The highest BCUT2D eigenvalue weighted by atomic mass is 32.1. The number of carbonyl (C=O) groups is 2. The van der Waals surface area contributed by atoms with Crippen molar-refractivity contribution in [1.82, 2.24) is 10.2 Å². The van der Waals surface area contributed by atoms with Crippen molar-refractivity contribution < 1.29 is 9.59 Å². The van der Waals surface area contributed by atoms with Crippen molar-refractivity contribution in [1.29, 1.82) is 0 Å². The van der Waals surface area contributed by atoms with Gasteiger partial charge in [0, 0.05) is 17.1 Å². The van der Waals surface area contributed by atoms with Gasteiger partial charge in [0.2, 0.25) is 11.8 Å². The molecule has 2 aromatic rings. The number of hydrogen-bond acceptors (Lipinski definition) is 4. The zero-order valence-corrected chi connectivity index (χ0v) is 15.6. The summed E-state index contributed by atoms with van der Waals surface area (Å²) in [5.74, 6) is -0.354. The number of para-hydroxylation sites is 1. The number of benzene rings is 1. The quantitative estimate of drug-likeness (QED) is 0.724. The predicted octanol–water partition coefficient (Wildman–Crippen LogP) is 2.89. The molecule has 0 aliphatic carbocycles. The molecule has 2 N–H and O–H groups in total. The lowest BCUT2D eigenvalue weighted by atomic mass is 10.1. The molecule has 1 aromatic carbocycles. The molecule has 0 saturated carbocycles. The van der Waals surface area contributed by atoms with Crippen LogP contribution in [0.15, 0.2) is 41.8 Å². The fourth-order valence-electron chi connectivity index (χ4n) is 2.49. The fraction of sp³-hybridized carbons (Fsp3) is 0.368. The largest absolute Gasteiger partial charge is 0.346 e. The predicted molar refractivity (Wildman–Crippen MR) is 103 cm³/mol. The Bertz CT molecular complexity index is 686. The van der Waals surface area contributed by atoms with Gasteiger partial charge in [0.05, 0.1) is 13.1 Å². The van der Waals surface area contributed by atoms with Crippen LogP contribution >= 0.6 is 11.3 Å². The Morgan fingerprint density at radius 1 is 1.08 bits per heavy atom. The standard InChI is InChI=1S/C19H25N3O2S/c1-3-15-8-5-6-10-17(15)21-18(23)12-20-19(24)14-22(4-2)13-16-9-7-11-25-16/h5-11H,3-4,12-14H2,1-2H3,(H,20,24)(H,21,23). The number of amides is 2. The molecule has 0 fully saturated rings. The average molecular weight is 359 g/mol. The van der Waals surface area contributed by atoms with Crippen molar-refractivity contribution in [2.75, 3.05) is 25.0 Å². The minimum atomic E-state index is -0.212. The maximum absolute atomic E-state index is 12.1. The highest BCUT2D eigenvalue weighted by molar-refractivity contribution is 7.09. The smallest absolute Gasteiger partial charge is 0.243 e. The molecule has 5 nitrogen and oxygen atoms in total. The van der Waals surface area contributed by atoms with Crippen LogP contribution in [0.2, 0.25) is 0 Å². The van der Waals surface area contributed by atoms with E-state index in [2.05, 4.69) is 16.7 Å². The molecule has 1 aromatic heterocycles. The third-order valence-corrected chi connectivity index (χ3v) is 4.75. The Balaban J connectivity index is 1.77. The molecule has 0 radical (unpaired) electrons. The molecule has 0 bridgehead atoms. The van der Waals surface area contributed by atoms with Crippen LogP contribution in [0.3, 0.4) is 0 Å². The number of carbonyl (C=O) groups excluding carboxylic acids is 2. The van der Waals surface area contributed by atoms with Gasteiger partial charge in [0.15, 0.2) is 0 Å². The summed E-state index contributed by atoms with van der Waals surface area (Å²) in [6.07, 6.45) is 0.844. The Morgan fingerprint density at radius 3 is 2.56 bits per heavy atom. The molecule has 6 heteroatoms. The van der Waals surface area contributed by atoms with Crippen LogP contribution in [0.5, 0.6) is 0 Å². The first kappa shape index (κ1) is 19.1. The Hall–Kier alpha value is -2.18. The van der Waals surface area contributed by atoms with Gasteiger partial charge in [0.1, 0.15) is 0 Å². The molecule has 0 spiro atoms. The lowest BCUT2D eigenvalue weighted by Gasteiger charge is -2.19. The number of anilines is 1. The summed E-state index contributed by atoms with van der Waals surface area (Å²) in [4.78, 5) is 27.4. The average Bonchev–Trinajstić information content (AvgIpc) is 3.13. The molecule has 1 heterocycles. The Morgan fingerprint density at radius 2 is 1.88 bits per heavy atom. The molecule has 0 aliphatic heterocycles. The lowest BCUT2D eigenvalue weighted by molar-refractivity contribution is -0.125. The number of nitrogens with zero attached hydrogens (tertiary/aromatic N) is 1. The van der Waals surface area contributed by atoms with Crippen molar-refractivity contribution in [2.45, 2.75) is 26.8 Å². The lowest BCUT2D eigenvalue weighted by Crippen LogP contribution is -2.40. The third-order valence-electron chi connectivity index (χ3n) is 3.89. The zero-order valence-electron chi connectivity index (χ0n) is 14.7. The van der Waals surface area contributed by atoms with Crippen molar-refractivity contribution in [3.05, 3.63) is 52.2 Å². The molecule has 25 heavy (non-hydrogen) atoms. The number of nitrogens with one attached hydrogen (secondary N) is 2. The molecule has 0 aliphatic rings. The van der Waals surface area contributed by atoms with E-state index in [1.54, 1.807) is 11.3 Å². The topological polar surface area (TPSA) is 61.4 Å². The second-order valence-electron chi connectivity index (χ2n) is 5.72. The minimum absolute atomic E-state index is 0.0204. The molecule has 0 saturated heterocycles. The molecule has 134 valence electrons. The van der Waals surface area contributed by atoms with Gasteiger partial charge >= 0.3 is 0 Å². The van der Waals surface area contributed by atoms with Gasteiger partial charge in [-0.3, -0.25) is 14.5 Å². The van der Waals surface area contributed by atoms with Gasteiger partial charge in [-0.1, -0.05) is 38.1 Å². The van der Waals surface area contributed by atoms with Crippen LogP contribution in [0.1, 0.15) is 24.3 Å². The van der Waals surface area contributed by atoms with Crippen molar-refractivity contribution >= 4 is 28.8 Å². The molecule has 2 rings (SSSR count). The molecule has 0 unspecified atom stereocenters. The highest BCUT2D eigenvalue weighted by Gasteiger charge is 2.12. The summed E-state index contributed by atoms with van der Waals surface area (Å²) in [5, 5.41) is 7.58. The Labute approximate surface area is 153 Å². The van der Waals surface area contributed by atoms with E-state index in [-0.39, 0.29) is 24.9 Å². The summed E-state index contributed by atoms with van der Waals surface area (Å²) in [6, 6.07) is 11.8. The maximum Gasteiger partial charge on any atom is 0.243 e. The van der Waals surface area contributed by atoms with Gasteiger partial charge in [-0.05, 0) is 36.0 Å². The SMILES string of the molecule is CCc1ccccc1NC(=O)CNC(=O)CN(CC)Cc1cccs1. The first-order valence-corrected chi connectivity index (χ1v) is 9.39. The van der Waals surface area contributed by atoms with E-state index in [0.717, 1.165) is 30.8 Å². The normalized spacial score (nSPS) is 10.7. The summed E-state index contributed by atoms with van der Waals surface area (Å²) in [7, 11) is 0. The van der Waals surface area contributed by atoms with Gasteiger partial charge in [-0.2, -0.15) is 0 Å². The monoisotopic (exact) mass is 359 g/mol. The van der Waals surface area contributed by atoms with E-state index >= 15 is 0 Å². The van der Waals surface area contributed by atoms with Crippen molar-refractivity contribution in [3.8, 4) is 0 Å². The van der Waals surface area contributed by atoms with E-state index in [0.29, 0.717) is 0 Å². The van der Waals surface area contributed by atoms with Gasteiger partial charge in [-0.15, -0.1) is 11.3 Å². The molecule has 2 amide bonds. The van der Waals surface area contributed by atoms with Gasteiger partial charge in [0.25, 0.3) is 0 Å². The minimum Gasteiger partial charge on any atom is -0.346 e. The van der Waals surface area contributed by atoms with Gasteiger partial charge < -0.3 is 10.6 Å². The highest BCUT2D eigenvalue weighted by Crippen LogP contribution is 2.15. The van der Waals surface area contributed by atoms with Crippen LogP contribution in [-0.2, 0) is 22.6 Å². The summed E-state index contributed by atoms with van der Waals surface area (Å²) in [6.45, 7) is 5.86. The summed E-state index contributed by atoms with van der Waals surface area (Å²) in [5.41, 5.74) is 1.88. The second kappa shape index (κ2) is 9.96. The van der Waals surface area contributed by atoms with Crippen LogP contribution in [0.25, 0.3) is 0 Å². The van der Waals surface area contributed by atoms with Crippen LogP contribution in [0.4, 0.5) is 5.69 Å². The molecular weight excluding hydrogens is 334 g/mol. The number of thiophene rings is 1. The van der Waals surface area contributed by atoms with Gasteiger partial charge in [-0.25, -0.2) is 0 Å². The zero-order chi connectivity index (χ0) is 18.1. The summed E-state index contributed by atoms with van der Waals surface area (Å²) < 4.78 is 0. The van der Waals surface area contributed by atoms with Crippen molar-refractivity contribution in [2.24, 2.45) is 0 Å². The van der Waals surface area contributed by atoms with Crippen LogP contribution in [-0.4, -0.2) is 36.3 Å². The maximum atomic E-state index is 12.1. The molecular formula is C19H25N3O2S. The number of rotatable bonds is 9. The van der Waals surface area contributed by atoms with Crippen LogP contribution in [0, 0.1) is 0 Å². The third kappa shape index (κ3) is 6.32. The van der Waals surface area contributed by atoms with Crippen LogP contribution < -0.4 is 10.6 Å². The fourth-order valence-corrected chi connectivity index (χ4v) is 3.23. The van der Waals surface area contributed by atoms with E-state index in [1.165, 1.54) is 4.88 Å². The van der Waals surface area contributed by atoms with E-state index in [9.17, 15) is 9.59 Å². The molecule has 0 atom stereocenters.